The van der Waals surface area contributed by atoms with Gasteiger partial charge in [0.05, 0.1) is 7.11 Å². The summed E-state index contributed by atoms with van der Waals surface area (Å²) in [5.74, 6) is 0.841. The minimum atomic E-state index is 0.110. The Labute approximate surface area is 149 Å². The molecule has 130 valence electrons. The first-order valence-corrected chi connectivity index (χ1v) is 8.99. The smallest absolute Gasteiger partial charge is 0.254 e. The molecule has 0 bridgehead atoms. The fourth-order valence-corrected chi connectivity index (χ4v) is 3.99. The van der Waals surface area contributed by atoms with Gasteiger partial charge in [0.15, 0.2) is 0 Å². The van der Waals surface area contributed by atoms with Crippen LogP contribution < -0.4 is 4.74 Å². The molecule has 2 aromatic carbocycles. The maximum absolute atomic E-state index is 12.8. The first-order valence-electron chi connectivity index (χ1n) is 8.99. The highest BCUT2D eigenvalue weighted by Crippen LogP contribution is 2.25. The number of hydrogen-bond acceptors (Lipinski definition) is 3. The Morgan fingerprint density at radius 1 is 1.08 bits per heavy atom. The zero-order valence-electron chi connectivity index (χ0n) is 14.6. The van der Waals surface area contributed by atoms with Gasteiger partial charge in [-0.3, -0.25) is 9.69 Å². The van der Waals surface area contributed by atoms with E-state index in [-0.39, 0.29) is 5.91 Å². The predicted molar refractivity (Wildman–Crippen MR) is 97.9 cm³/mol. The van der Waals surface area contributed by atoms with Gasteiger partial charge in [0, 0.05) is 37.8 Å². The molecule has 0 saturated carbocycles. The van der Waals surface area contributed by atoms with Crippen LogP contribution in [0, 0.1) is 0 Å². The van der Waals surface area contributed by atoms with Crippen LogP contribution in [-0.2, 0) is 13.0 Å². The molecular weight excluding hydrogens is 312 g/mol. The lowest BCUT2D eigenvalue weighted by Gasteiger charge is -2.33. The molecule has 4 heteroatoms. The van der Waals surface area contributed by atoms with Crippen LogP contribution in [0.5, 0.6) is 5.75 Å². The summed E-state index contributed by atoms with van der Waals surface area (Å²) in [4.78, 5) is 17.3. The van der Waals surface area contributed by atoms with E-state index in [9.17, 15) is 4.79 Å². The van der Waals surface area contributed by atoms with E-state index in [0.29, 0.717) is 11.6 Å². The summed E-state index contributed by atoms with van der Waals surface area (Å²) < 4.78 is 5.24. The van der Waals surface area contributed by atoms with E-state index in [1.54, 1.807) is 7.11 Å². The van der Waals surface area contributed by atoms with E-state index >= 15 is 0 Å². The Balaban J connectivity index is 1.42. The molecule has 25 heavy (non-hydrogen) atoms. The van der Waals surface area contributed by atoms with E-state index < -0.39 is 0 Å². The molecule has 4 nitrogen and oxygen atoms in total. The van der Waals surface area contributed by atoms with E-state index in [4.69, 9.17) is 4.74 Å². The largest absolute Gasteiger partial charge is 0.497 e. The van der Waals surface area contributed by atoms with Crippen molar-refractivity contribution >= 4 is 5.91 Å². The van der Waals surface area contributed by atoms with Gasteiger partial charge in [-0.1, -0.05) is 30.3 Å². The Bertz CT molecular complexity index is 774. The molecule has 1 fully saturated rings. The Morgan fingerprint density at radius 3 is 2.76 bits per heavy atom. The normalized spacial score (nSPS) is 20.4. The summed E-state index contributed by atoms with van der Waals surface area (Å²) >= 11 is 0. The quantitative estimate of drug-likeness (QED) is 0.864. The third-order valence-electron chi connectivity index (χ3n) is 5.44. The second-order valence-corrected chi connectivity index (χ2v) is 6.91. The number of rotatable bonds is 3. The zero-order chi connectivity index (χ0) is 17.2. The van der Waals surface area contributed by atoms with Gasteiger partial charge in [0.25, 0.3) is 5.91 Å². The van der Waals surface area contributed by atoms with Crippen molar-refractivity contribution in [1.82, 2.24) is 9.80 Å². The SMILES string of the molecule is COc1cccc(C(=O)N2CC[C@@H](N3CCc4ccccc4C3)C2)c1. The monoisotopic (exact) mass is 336 g/mol. The second kappa shape index (κ2) is 6.89. The van der Waals surface area contributed by atoms with Gasteiger partial charge in [0.1, 0.15) is 5.75 Å². The summed E-state index contributed by atoms with van der Waals surface area (Å²) in [6, 6.07) is 16.6. The van der Waals surface area contributed by atoms with E-state index in [1.807, 2.05) is 29.2 Å². The topological polar surface area (TPSA) is 32.8 Å². The first-order chi connectivity index (χ1) is 12.2. The molecule has 2 aromatic rings. The van der Waals surface area contributed by atoms with Gasteiger partial charge < -0.3 is 9.64 Å². The predicted octanol–water partition coefficient (Wildman–Crippen LogP) is 2.97. The fourth-order valence-electron chi connectivity index (χ4n) is 3.99. The summed E-state index contributed by atoms with van der Waals surface area (Å²) in [7, 11) is 1.63. The first kappa shape index (κ1) is 16.2. The van der Waals surface area contributed by atoms with Gasteiger partial charge in [0.2, 0.25) is 0 Å². The van der Waals surface area contributed by atoms with Crippen LogP contribution in [0.4, 0.5) is 0 Å². The maximum atomic E-state index is 12.8. The summed E-state index contributed by atoms with van der Waals surface area (Å²) in [6.45, 7) is 3.74. The number of amides is 1. The summed E-state index contributed by atoms with van der Waals surface area (Å²) in [5.41, 5.74) is 3.62. The van der Waals surface area contributed by atoms with Crippen molar-refractivity contribution in [2.75, 3.05) is 26.7 Å². The molecule has 1 amide bonds. The second-order valence-electron chi connectivity index (χ2n) is 6.91. The van der Waals surface area contributed by atoms with Gasteiger partial charge in [-0.15, -0.1) is 0 Å². The molecule has 2 heterocycles. The van der Waals surface area contributed by atoms with Crippen molar-refractivity contribution < 1.29 is 9.53 Å². The molecule has 0 N–H and O–H groups in total. The van der Waals surface area contributed by atoms with E-state index in [2.05, 4.69) is 29.2 Å². The van der Waals surface area contributed by atoms with Crippen molar-refractivity contribution in [2.45, 2.75) is 25.4 Å². The Morgan fingerprint density at radius 2 is 1.92 bits per heavy atom. The third kappa shape index (κ3) is 3.27. The summed E-state index contributed by atoms with van der Waals surface area (Å²) in [5, 5.41) is 0. The maximum Gasteiger partial charge on any atom is 0.254 e. The molecular formula is C21H24N2O2. The van der Waals surface area contributed by atoms with Crippen LogP contribution in [0.1, 0.15) is 27.9 Å². The van der Waals surface area contributed by atoms with E-state index in [0.717, 1.165) is 44.8 Å². The highest BCUT2D eigenvalue weighted by Gasteiger charge is 2.32. The van der Waals surface area contributed by atoms with Gasteiger partial charge in [-0.25, -0.2) is 0 Å². The summed E-state index contributed by atoms with van der Waals surface area (Å²) in [6.07, 6.45) is 2.16. The Hall–Kier alpha value is -2.33. The minimum Gasteiger partial charge on any atom is -0.497 e. The van der Waals surface area contributed by atoms with Crippen molar-refractivity contribution in [3.63, 3.8) is 0 Å². The number of nitrogens with zero attached hydrogens (tertiary/aromatic N) is 2. The highest BCUT2D eigenvalue weighted by molar-refractivity contribution is 5.94. The number of fused-ring (bicyclic) bond motifs is 1. The number of carbonyl (C=O) groups is 1. The average molecular weight is 336 g/mol. The van der Waals surface area contributed by atoms with Crippen molar-refractivity contribution in [1.29, 1.82) is 0 Å². The molecule has 2 aliphatic rings. The third-order valence-corrected chi connectivity index (χ3v) is 5.44. The molecule has 1 saturated heterocycles. The van der Waals surface area contributed by atoms with Gasteiger partial charge in [-0.05, 0) is 42.2 Å². The van der Waals surface area contributed by atoms with Gasteiger partial charge >= 0.3 is 0 Å². The van der Waals surface area contributed by atoms with Crippen molar-refractivity contribution in [2.24, 2.45) is 0 Å². The lowest BCUT2D eigenvalue weighted by molar-refractivity contribution is 0.0773. The molecule has 0 radical (unpaired) electrons. The molecule has 0 aromatic heterocycles. The van der Waals surface area contributed by atoms with Crippen molar-refractivity contribution in [3.05, 3.63) is 65.2 Å². The molecule has 0 unspecified atom stereocenters. The zero-order valence-corrected chi connectivity index (χ0v) is 14.6. The minimum absolute atomic E-state index is 0.110. The Kier molecular flexibility index (Phi) is 4.45. The van der Waals surface area contributed by atoms with Gasteiger partial charge in [-0.2, -0.15) is 0 Å². The number of likely N-dealkylation sites (tertiary alicyclic amines) is 1. The number of carbonyl (C=O) groups excluding carboxylic acids is 1. The molecule has 1 atom stereocenters. The fraction of sp³-hybridized carbons (Fsp3) is 0.381. The molecule has 2 aliphatic heterocycles. The molecule has 4 rings (SSSR count). The van der Waals surface area contributed by atoms with Crippen LogP contribution in [0.2, 0.25) is 0 Å². The lowest BCUT2D eigenvalue weighted by atomic mass is 9.98. The highest BCUT2D eigenvalue weighted by atomic mass is 16.5. The number of benzene rings is 2. The molecule has 0 aliphatic carbocycles. The lowest BCUT2D eigenvalue weighted by Crippen LogP contribution is -2.41. The average Bonchev–Trinajstić information content (AvgIpc) is 3.17. The number of hydrogen-bond donors (Lipinski definition) is 0. The van der Waals surface area contributed by atoms with Crippen LogP contribution in [0.15, 0.2) is 48.5 Å². The van der Waals surface area contributed by atoms with Crippen LogP contribution in [0.3, 0.4) is 0 Å². The number of ether oxygens (including phenoxy) is 1. The van der Waals surface area contributed by atoms with Crippen molar-refractivity contribution in [3.8, 4) is 5.75 Å². The van der Waals surface area contributed by atoms with Crippen LogP contribution >= 0.6 is 0 Å². The standard InChI is InChI=1S/C21H24N2O2/c1-25-20-8-4-7-17(13-20)21(24)23-12-10-19(15-23)22-11-9-16-5-2-3-6-18(16)14-22/h2-8,13,19H,9-12,14-15H2,1H3/t19-/m1/s1. The van der Waals surface area contributed by atoms with Crippen LogP contribution in [0.25, 0.3) is 0 Å². The van der Waals surface area contributed by atoms with Crippen LogP contribution in [-0.4, -0.2) is 48.5 Å². The molecule has 0 spiro atoms. The number of methoxy groups -OCH3 is 1. The van der Waals surface area contributed by atoms with E-state index in [1.165, 1.54) is 11.1 Å².